The number of carbonyl (C=O) groups is 1. The van der Waals surface area contributed by atoms with Gasteiger partial charge in [0.25, 0.3) is 5.91 Å². The van der Waals surface area contributed by atoms with Crippen LogP contribution in [0.2, 0.25) is 0 Å². The molecule has 28 heavy (non-hydrogen) atoms. The standard InChI is InChI=1S/C21H27NO6/c1-21(24,12-14-6-8-16(25-2)9-7-14)13-22-20(23)15-10-17(26-3)19(28-5)18(11-15)27-4/h6-11,24H,12-13H2,1-5H3,(H,22,23). The lowest BCUT2D eigenvalue weighted by Crippen LogP contribution is -2.42. The van der Waals surface area contributed by atoms with Crippen molar-refractivity contribution in [3.63, 3.8) is 0 Å². The van der Waals surface area contributed by atoms with Crippen molar-refractivity contribution in [2.45, 2.75) is 18.9 Å². The fourth-order valence-electron chi connectivity index (χ4n) is 2.83. The number of ether oxygens (including phenoxy) is 4. The molecular formula is C21H27NO6. The average molecular weight is 389 g/mol. The first-order valence-electron chi connectivity index (χ1n) is 8.77. The van der Waals surface area contributed by atoms with Gasteiger partial charge in [-0.1, -0.05) is 12.1 Å². The highest BCUT2D eigenvalue weighted by Crippen LogP contribution is 2.38. The van der Waals surface area contributed by atoms with Crippen LogP contribution in [0, 0.1) is 0 Å². The van der Waals surface area contributed by atoms with E-state index in [0.29, 0.717) is 29.2 Å². The number of carbonyl (C=O) groups excluding carboxylic acids is 1. The fraction of sp³-hybridized carbons (Fsp3) is 0.381. The molecule has 1 unspecified atom stereocenters. The summed E-state index contributed by atoms with van der Waals surface area (Å²) >= 11 is 0. The molecule has 7 nitrogen and oxygen atoms in total. The van der Waals surface area contributed by atoms with Crippen LogP contribution in [0.1, 0.15) is 22.8 Å². The molecule has 1 atom stereocenters. The van der Waals surface area contributed by atoms with E-state index in [2.05, 4.69) is 5.32 Å². The predicted molar refractivity (Wildman–Crippen MR) is 106 cm³/mol. The number of benzene rings is 2. The number of hydrogen-bond acceptors (Lipinski definition) is 6. The van der Waals surface area contributed by atoms with Crippen LogP contribution in [0.3, 0.4) is 0 Å². The van der Waals surface area contributed by atoms with Gasteiger partial charge in [0.15, 0.2) is 11.5 Å². The van der Waals surface area contributed by atoms with Crippen LogP contribution in [0.25, 0.3) is 0 Å². The lowest BCUT2D eigenvalue weighted by molar-refractivity contribution is 0.0552. The summed E-state index contributed by atoms with van der Waals surface area (Å²) in [6.45, 7) is 1.75. The molecule has 0 fully saturated rings. The Hall–Kier alpha value is -2.93. The van der Waals surface area contributed by atoms with Crippen molar-refractivity contribution in [1.82, 2.24) is 5.32 Å². The minimum atomic E-state index is -1.12. The second-order valence-electron chi connectivity index (χ2n) is 6.62. The van der Waals surface area contributed by atoms with Crippen LogP contribution in [0.5, 0.6) is 23.0 Å². The van der Waals surface area contributed by atoms with E-state index in [1.807, 2.05) is 24.3 Å². The summed E-state index contributed by atoms with van der Waals surface area (Å²) in [7, 11) is 6.07. The summed E-state index contributed by atoms with van der Waals surface area (Å²) in [5, 5.41) is 13.4. The lowest BCUT2D eigenvalue weighted by atomic mass is 9.96. The van der Waals surface area contributed by atoms with Crippen LogP contribution in [0.15, 0.2) is 36.4 Å². The SMILES string of the molecule is COc1ccc(CC(C)(O)CNC(=O)c2cc(OC)c(OC)c(OC)c2)cc1. The molecule has 0 saturated carbocycles. The smallest absolute Gasteiger partial charge is 0.251 e. The van der Waals surface area contributed by atoms with Gasteiger partial charge in [0.1, 0.15) is 5.75 Å². The van der Waals surface area contributed by atoms with Gasteiger partial charge in [-0.05, 0) is 36.8 Å². The topological polar surface area (TPSA) is 86.3 Å². The van der Waals surface area contributed by atoms with E-state index in [-0.39, 0.29) is 12.5 Å². The quantitative estimate of drug-likeness (QED) is 0.685. The maximum Gasteiger partial charge on any atom is 0.251 e. The van der Waals surface area contributed by atoms with E-state index in [1.54, 1.807) is 26.2 Å². The van der Waals surface area contributed by atoms with Gasteiger partial charge in [0.05, 0.1) is 34.0 Å². The van der Waals surface area contributed by atoms with E-state index in [0.717, 1.165) is 11.3 Å². The third-order valence-electron chi connectivity index (χ3n) is 4.30. The molecular weight excluding hydrogens is 362 g/mol. The highest BCUT2D eigenvalue weighted by atomic mass is 16.5. The molecule has 0 saturated heterocycles. The summed E-state index contributed by atoms with van der Waals surface area (Å²) in [5.41, 5.74) is 0.160. The highest BCUT2D eigenvalue weighted by molar-refractivity contribution is 5.95. The Morgan fingerprint density at radius 2 is 1.54 bits per heavy atom. The summed E-state index contributed by atoms with van der Waals surface area (Å²) < 4.78 is 20.9. The highest BCUT2D eigenvalue weighted by Gasteiger charge is 2.23. The third-order valence-corrected chi connectivity index (χ3v) is 4.30. The number of rotatable bonds is 9. The Balaban J connectivity index is 2.07. The molecule has 0 aliphatic heterocycles. The molecule has 0 heterocycles. The Labute approximate surface area is 165 Å². The number of nitrogens with one attached hydrogen (secondary N) is 1. The Bertz CT molecular complexity index is 776. The van der Waals surface area contributed by atoms with E-state index in [1.165, 1.54) is 21.3 Å². The van der Waals surface area contributed by atoms with Crippen LogP contribution in [0.4, 0.5) is 0 Å². The third kappa shape index (κ3) is 5.29. The van der Waals surface area contributed by atoms with Gasteiger partial charge in [0, 0.05) is 18.5 Å². The zero-order valence-corrected chi connectivity index (χ0v) is 16.9. The van der Waals surface area contributed by atoms with Crippen molar-refractivity contribution in [3.8, 4) is 23.0 Å². The number of aliphatic hydroxyl groups is 1. The molecule has 7 heteroatoms. The minimum absolute atomic E-state index is 0.0779. The van der Waals surface area contributed by atoms with Crippen molar-refractivity contribution in [3.05, 3.63) is 47.5 Å². The molecule has 0 bridgehead atoms. The fourth-order valence-corrected chi connectivity index (χ4v) is 2.83. The van der Waals surface area contributed by atoms with E-state index in [4.69, 9.17) is 18.9 Å². The van der Waals surface area contributed by atoms with Gasteiger partial charge in [0.2, 0.25) is 5.75 Å². The van der Waals surface area contributed by atoms with Gasteiger partial charge in [-0.2, -0.15) is 0 Å². The second kappa shape index (κ2) is 9.32. The van der Waals surface area contributed by atoms with Crippen LogP contribution >= 0.6 is 0 Å². The molecule has 2 N–H and O–H groups in total. The van der Waals surface area contributed by atoms with E-state index >= 15 is 0 Å². The largest absolute Gasteiger partial charge is 0.497 e. The van der Waals surface area contributed by atoms with Crippen molar-refractivity contribution < 1.29 is 28.8 Å². The first-order chi connectivity index (χ1) is 13.3. The maximum absolute atomic E-state index is 12.6. The van der Waals surface area contributed by atoms with E-state index < -0.39 is 5.60 Å². The second-order valence-corrected chi connectivity index (χ2v) is 6.62. The van der Waals surface area contributed by atoms with Gasteiger partial charge in [-0.25, -0.2) is 0 Å². The molecule has 1 amide bonds. The van der Waals surface area contributed by atoms with Gasteiger partial charge in [-0.3, -0.25) is 4.79 Å². The van der Waals surface area contributed by atoms with Crippen LogP contribution < -0.4 is 24.3 Å². The summed E-state index contributed by atoms with van der Waals surface area (Å²) in [4.78, 5) is 12.6. The number of hydrogen-bond donors (Lipinski definition) is 2. The number of methoxy groups -OCH3 is 4. The molecule has 0 spiro atoms. The molecule has 2 aromatic carbocycles. The molecule has 0 aliphatic carbocycles. The minimum Gasteiger partial charge on any atom is -0.497 e. The first kappa shape index (κ1) is 21.4. The van der Waals surface area contributed by atoms with Crippen molar-refractivity contribution in [1.29, 1.82) is 0 Å². The maximum atomic E-state index is 12.6. The van der Waals surface area contributed by atoms with Crippen molar-refractivity contribution in [2.75, 3.05) is 35.0 Å². The normalized spacial score (nSPS) is 12.6. The molecule has 0 radical (unpaired) electrons. The first-order valence-corrected chi connectivity index (χ1v) is 8.77. The molecule has 152 valence electrons. The lowest BCUT2D eigenvalue weighted by Gasteiger charge is -2.24. The van der Waals surface area contributed by atoms with Gasteiger partial charge < -0.3 is 29.4 Å². The summed E-state index contributed by atoms with van der Waals surface area (Å²) in [5.74, 6) is 1.58. The Kier molecular flexibility index (Phi) is 7.12. The zero-order chi connectivity index (χ0) is 20.7. The molecule has 0 aliphatic rings. The monoisotopic (exact) mass is 389 g/mol. The van der Waals surface area contributed by atoms with Gasteiger partial charge >= 0.3 is 0 Å². The zero-order valence-electron chi connectivity index (χ0n) is 16.9. The van der Waals surface area contributed by atoms with Crippen LogP contribution in [-0.4, -0.2) is 51.6 Å². The van der Waals surface area contributed by atoms with Gasteiger partial charge in [-0.15, -0.1) is 0 Å². The summed E-state index contributed by atoms with van der Waals surface area (Å²) in [6, 6.07) is 10.6. The predicted octanol–water partition coefficient (Wildman–Crippen LogP) is 2.44. The summed E-state index contributed by atoms with van der Waals surface area (Å²) in [6.07, 6.45) is 0.381. The Morgan fingerprint density at radius 3 is 2.00 bits per heavy atom. The number of amides is 1. The molecule has 2 rings (SSSR count). The molecule has 0 aromatic heterocycles. The van der Waals surface area contributed by atoms with E-state index in [9.17, 15) is 9.90 Å². The average Bonchev–Trinajstić information content (AvgIpc) is 2.71. The van der Waals surface area contributed by atoms with Crippen molar-refractivity contribution >= 4 is 5.91 Å². The molecule has 2 aromatic rings. The van der Waals surface area contributed by atoms with Crippen LogP contribution in [-0.2, 0) is 6.42 Å². The van der Waals surface area contributed by atoms with Crippen molar-refractivity contribution in [2.24, 2.45) is 0 Å². The Morgan fingerprint density at radius 1 is 0.964 bits per heavy atom.